The van der Waals surface area contributed by atoms with Gasteiger partial charge < -0.3 is 9.84 Å². The molecule has 0 aromatic carbocycles. The highest BCUT2D eigenvalue weighted by Gasteiger charge is 2.22. The summed E-state index contributed by atoms with van der Waals surface area (Å²) in [5, 5.41) is 15.3. The molecule has 7 nitrogen and oxygen atoms in total. The summed E-state index contributed by atoms with van der Waals surface area (Å²) in [6, 6.07) is 0. The van der Waals surface area contributed by atoms with E-state index in [2.05, 4.69) is 21.8 Å². The second-order valence-electron chi connectivity index (χ2n) is 4.15. The maximum absolute atomic E-state index is 12.0. The zero-order chi connectivity index (χ0) is 14.3. The zero-order valence-electron chi connectivity index (χ0n) is 11.3. The predicted molar refractivity (Wildman–Crippen MR) is 70.2 cm³/mol. The Hall–Kier alpha value is -0.960. The molecule has 3 N–H and O–H groups in total. The van der Waals surface area contributed by atoms with E-state index < -0.39 is 10.0 Å². The van der Waals surface area contributed by atoms with Crippen LogP contribution < -0.4 is 4.72 Å². The fraction of sp³-hybridized carbons (Fsp3) is 0.727. The molecule has 0 radical (unpaired) electrons. The lowest BCUT2D eigenvalue weighted by Gasteiger charge is -2.06. The van der Waals surface area contributed by atoms with Gasteiger partial charge in [-0.3, -0.25) is 5.10 Å². The highest BCUT2D eigenvalue weighted by Crippen LogP contribution is 2.15. The van der Waals surface area contributed by atoms with Crippen molar-refractivity contribution < 1.29 is 18.3 Å². The largest absolute Gasteiger partial charge is 0.392 e. The quantitative estimate of drug-likeness (QED) is 0.568. The standard InChI is InChI=1S/C11H21N3O4S/c1-3-4-6-18-7-5-12-19(16,17)11-10(8-15)9(2)13-14-11/h12,15H,3-8H2,1-2H3,(H,13,14). The fourth-order valence-corrected chi connectivity index (χ4v) is 2.70. The zero-order valence-corrected chi connectivity index (χ0v) is 12.1. The summed E-state index contributed by atoms with van der Waals surface area (Å²) in [4.78, 5) is 0. The van der Waals surface area contributed by atoms with Crippen molar-refractivity contribution >= 4 is 10.0 Å². The number of aryl methyl sites for hydroxylation is 1. The first-order valence-electron chi connectivity index (χ1n) is 6.25. The molecule has 0 saturated carbocycles. The number of aliphatic hydroxyl groups is 1. The predicted octanol–water partition coefficient (Wildman–Crippen LogP) is 0.305. The molecule has 19 heavy (non-hydrogen) atoms. The Kier molecular flexibility index (Phi) is 6.43. The molecule has 0 aliphatic rings. The summed E-state index contributed by atoms with van der Waals surface area (Å²) < 4.78 is 31.6. The van der Waals surface area contributed by atoms with Crippen LogP contribution in [0.4, 0.5) is 0 Å². The molecule has 1 heterocycles. The number of hydrogen-bond donors (Lipinski definition) is 3. The molecule has 1 aromatic rings. The van der Waals surface area contributed by atoms with Crippen LogP contribution in [0.1, 0.15) is 31.0 Å². The van der Waals surface area contributed by atoms with E-state index in [1.807, 2.05) is 0 Å². The second-order valence-corrected chi connectivity index (χ2v) is 5.84. The van der Waals surface area contributed by atoms with Crippen molar-refractivity contribution in [2.75, 3.05) is 19.8 Å². The minimum atomic E-state index is -3.71. The first-order chi connectivity index (χ1) is 9.03. The Morgan fingerprint density at radius 3 is 2.79 bits per heavy atom. The maximum atomic E-state index is 12.0. The molecule has 0 spiro atoms. The minimum Gasteiger partial charge on any atom is -0.392 e. The van der Waals surface area contributed by atoms with E-state index in [9.17, 15) is 8.42 Å². The lowest BCUT2D eigenvalue weighted by Crippen LogP contribution is -2.28. The number of rotatable bonds is 9. The Bertz CT molecular complexity index is 484. The number of aromatic amines is 1. The molecular weight excluding hydrogens is 270 g/mol. The van der Waals surface area contributed by atoms with Gasteiger partial charge in [0.15, 0.2) is 5.03 Å². The second kappa shape index (κ2) is 7.59. The van der Waals surface area contributed by atoms with Crippen LogP contribution in [0.5, 0.6) is 0 Å². The van der Waals surface area contributed by atoms with Crippen LogP contribution in [0.3, 0.4) is 0 Å². The van der Waals surface area contributed by atoms with Crippen molar-refractivity contribution in [3.63, 3.8) is 0 Å². The molecule has 8 heteroatoms. The topological polar surface area (TPSA) is 104 Å². The third kappa shape index (κ3) is 4.57. The van der Waals surface area contributed by atoms with E-state index in [4.69, 9.17) is 9.84 Å². The van der Waals surface area contributed by atoms with Crippen LogP contribution in [0.2, 0.25) is 0 Å². The van der Waals surface area contributed by atoms with Crippen molar-refractivity contribution in [1.82, 2.24) is 14.9 Å². The lowest BCUT2D eigenvalue weighted by molar-refractivity contribution is 0.136. The lowest BCUT2D eigenvalue weighted by atomic mass is 10.3. The first-order valence-corrected chi connectivity index (χ1v) is 7.73. The maximum Gasteiger partial charge on any atom is 0.260 e. The molecule has 0 amide bonds. The van der Waals surface area contributed by atoms with Crippen LogP contribution in [0, 0.1) is 6.92 Å². The van der Waals surface area contributed by atoms with Gasteiger partial charge in [0, 0.05) is 24.4 Å². The minimum absolute atomic E-state index is 0.152. The average Bonchev–Trinajstić information content (AvgIpc) is 2.75. The summed E-state index contributed by atoms with van der Waals surface area (Å²) in [5.74, 6) is 0. The van der Waals surface area contributed by atoms with Gasteiger partial charge in [0.05, 0.1) is 13.2 Å². The smallest absolute Gasteiger partial charge is 0.260 e. The van der Waals surface area contributed by atoms with E-state index in [1.165, 1.54) is 0 Å². The van der Waals surface area contributed by atoms with Gasteiger partial charge in [-0.15, -0.1) is 0 Å². The summed E-state index contributed by atoms with van der Waals surface area (Å²) in [5.41, 5.74) is 0.835. The van der Waals surface area contributed by atoms with Gasteiger partial charge in [-0.1, -0.05) is 13.3 Å². The van der Waals surface area contributed by atoms with Crippen molar-refractivity contribution in [2.24, 2.45) is 0 Å². The van der Waals surface area contributed by atoms with Gasteiger partial charge in [-0.25, -0.2) is 13.1 Å². The molecule has 0 bridgehead atoms. The Morgan fingerprint density at radius 1 is 1.42 bits per heavy atom. The van der Waals surface area contributed by atoms with Crippen molar-refractivity contribution in [2.45, 2.75) is 38.3 Å². The summed E-state index contributed by atoms with van der Waals surface area (Å²) in [6.07, 6.45) is 2.00. The van der Waals surface area contributed by atoms with Crippen LogP contribution in [0.25, 0.3) is 0 Å². The molecule has 0 aliphatic heterocycles. The number of unbranched alkanes of at least 4 members (excludes halogenated alkanes) is 1. The summed E-state index contributed by atoms with van der Waals surface area (Å²) in [7, 11) is -3.71. The van der Waals surface area contributed by atoms with Crippen molar-refractivity contribution in [3.8, 4) is 0 Å². The number of aliphatic hydroxyl groups excluding tert-OH is 1. The molecule has 0 unspecified atom stereocenters. The van der Waals surface area contributed by atoms with Crippen molar-refractivity contribution in [3.05, 3.63) is 11.3 Å². The highest BCUT2D eigenvalue weighted by molar-refractivity contribution is 7.89. The highest BCUT2D eigenvalue weighted by atomic mass is 32.2. The van der Waals surface area contributed by atoms with E-state index in [0.29, 0.717) is 24.5 Å². The Labute approximate surface area is 113 Å². The number of hydrogen-bond acceptors (Lipinski definition) is 5. The van der Waals surface area contributed by atoms with Crippen LogP contribution in [-0.2, 0) is 21.4 Å². The molecule has 0 saturated heterocycles. The van der Waals surface area contributed by atoms with Gasteiger partial charge in [0.2, 0.25) is 0 Å². The van der Waals surface area contributed by atoms with Gasteiger partial charge in [-0.2, -0.15) is 5.10 Å². The molecule has 1 rings (SSSR count). The molecule has 110 valence electrons. The first kappa shape index (κ1) is 16.1. The number of H-pyrrole nitrogens is 1. The fourth-order valence-electron chi connectivity index (χ4n) is 1.50. The molecular formula is C11H21N3O4S. The number of nitrogens with zero attached hydrogens (tertiary/aromatic N) is 1. The van der Waals surface area contributed by atoms with Crippen molar-refractivity contribution in [1.29, 1.82) is 0 Å². The number of sulfonamides is 1. The van der Waals surface area contributed by atoms with Crippen LogP contribution >= 0.6 is 0 Å². The molecule has 1 aromatic heterocycles. The third-order valence-corrected chi connectivity index (χ3v) is 4.06. The van der Waals surface area contributed by atoms with Crippen LogP contribution in [-0.4, -0.2) is 43.5 Å². The molecule has 0 aliphatic carbocycles. The normalized spacial score (nSPS) is 11.9. The third-order valence-electron chi connectivity index (χ3n) is 2.63. The Balaban J connectivity index is 2.52. The Morgan fingerprint density at radius 2 is 2.16 bits per heavy atom. The SMILES string of the molecule is CCCCOCCNS(=O)(=O)c1n[nH]c(C)c1CO. The number of aromatic nitrogens is 2. The number of ether oxygens (including phenoxy) is 1. The van der Waals surface area contributed by atoms with Gasteiger partial charge in [0.1, 0.15) is 0 Å². The van der Waals surface area contributed by atoms with E-state index in [1.54, 1.807) is 6.92 Å². The number of nitrogens with one attached hydrogen (secondary N) is 2. The van der Waals surface area contributed by atoms with Gasteiger partial charge >= 0.3 is 0 Å². The van der Waals surface area contributed by atoms with E-state index >= 15 is 0 Å². The molecule has 0 atom stereocenters. The van der Waals surface area contributed by atoms with Gasteiger partial charge in [0.25, 0.3) is 10.0 Å². The average molecular weight is 291 g/mol. The van der Waals surface area contributed by atoms with Crippen LogP contribution in [0.15, 0.2) is 5.03 Å². The monoisotopic (exact) mass is 291 g/mol. The molecule has 0 fully saturated rings. The van der Waals surface area contributed by atoms with E-state index in [-0.39, 0.29) is 18.2 Å². The van der Waals surface area contributed by atoms with Gasteiger partial charge in [-0.05, 0) is 13.3 Å². The summed E-state index contributed by atoms with van der Waals surface area (Å²) >= 11 is 0. The van der Waals surface area contributed by atoms with E-state index in [0.717, 1.165) is 12.8 Å². The summed E-state index contributed by atoms with van der Waals surface area (Å²) in [6.45, 7) is 4.47.